The highest BCUT2D eigenvalue weighted by Crippen LogP contribution is 2.28. The van der Waals surface area contributed by atoms with E-state index in [2.05, 4.69) is 4.98 Å². The predicted molar refractivity (Wildman–Crippen MR) is 83.4 cm³/mol. The number of thioether (sulfide) groups is 1. The summed E-state index contributed by atoms with van der Waals surface area (Å²) in [6, 6.07) is 7.45. The highest BCUT2D eigenvalue weighted by molar-refractivity contribution is 7.99. The van der Waals surface area contributed by atoms with E-state index >= 15 is 0 Å². The molecule has 0 aliphatic carbocycles. The van der Waals surface area contributed by atoms with E-state index in [1.807, 2.05) is 55.9 Å². The molecule has 0 fully saturated rings. The Hall–Kier alpha value is -1.26. The number of imidazole rings is 1. The number of aryl methyl sites for hydroxylation is 1. The lowest BCUT2D eigenvalue weighted by atomic mass is 9.81. The molecule has 0 aliphatic rings. The first-order valence-corrected chi connectivity index (χ1v) is 7.67. The molecular formula is C15H17ClN2OS. The Bertz CT molecular complexity index is 605. The number of hydrogen-bond acceptors (Lipinski definition) is 3. The lowest BCUT2D eigenvalue weighted by Crippen LogP contribution is -2.30. The minimum Gasteiger partial charge on any atom is -0.329 e. The number of Topliss-reactive ketones (excluding diaryl/α,β-unsaturated/α-hetero) is 1. The van der Waals surface area contributed by atoms with Crippen LogP contribution in [0.5, 0.6) is 0 Å². The number of rotatable bonds is 5. The third-order valence-corrected chi connectivity index (χ3v) is 4.68. The fraction of sp³-hybridized carbons (Fsp3) is 0.333. The molecule has 0 unspecified atom stereocenters. The van der Waals surface area contributed by atoms with Crippen LogP contribution in [-0.4, -0.2) is 21.1 Å². The number of hydrogen-bond donors (Lipinski definition) is 0. The summed E-state index contributed by atoms with van der Waals surface area (Å²) in [6.45, 7) is 3.88. The summed E-state index contributed by atoms with van der Waals surface area (Å²) in [5.74, 6) is 0.577. The van der Waals surface area contributed by atoms with Gasteiger partial charge in [0.2, 0.25) is 0 Å². The topological polar surface area (TPSA) is 34.9 Å². The average molecular weight is 309 g/mol. The van der Waals surface area contributed by atoms with Crippen molar-refractivity contribution in [2.75, 3.05) is 5.75 Å². The Morgan fingerprint density at radius 3 is 2.55 bits per heavy atom. The standard InChI is InChI=1S/C15H17ClN2OS/c1-15(2,11-4-6-12(16)7-5-11)13(19)10-20-14-17-8-9-18(14)3/h4-9H,10H2,1-3H3. The fourth-order valence-electron chi connectivity index (χ4n) is 1.83. The Morgan fingerprint density at radius 2 is 2.00 bits per heavy atom. The van der Waals surface area contributed by atoms with Gasteiger partial charge in [-0.3, -0.25) is 4.79 Å². The van der Waals surface area contributed by atoms with Gasteiger partial charge >= 0.3 is 0 Å². The summed E-state index contributed by atoms with van der Waals surface area (Å²) in [4.78, 5) is 16.7. The first kappa shape index (κ1) is 15.1. The van der Waals surface area contributed by atoms with Crippen molar-refractivity contribution in [3.63, 3.8) is 0 Å². The maximum atomic E-state index is 12.5. The van der Waals surface area contributed by atoms with E-state index in [1.165, 1.54) is 11.8 Å². The van der Waals surface area contributed by atoms with Crippen LogP contribution in [0, 0.1) is 0 Å². The first-order valence-electron chi connectivity index (χ1n) is 6.30. The second-order valence-electron chi connectivity index (χ2n) is 5.16. The molecule has 2 aromatic rings. The van der Waals surface area contributed by atoms with Gasteiger partial charge in [-0.25, -0.2) is 4.98 Å². The highest BCUT2D eigenvalue weighted by atomic mass is 35.5. The van der Waals surface area contributed by atoms with Gasteiger partial charge in [0.15, 0.2) is 10.9 Å². The second kappa shape index (κ2) is 6.02. The monoisotopic (exact) mass is 308 g/mol. The van der Waals surface area contributed by atoms with E-state index in [0.29, 0.717) is 10.8 Å². The van der Waals surface area contributed by atoms with Gasteiger partial charge < -0.3 is 4.57 Å². The summed E-state index contributed by atoms with van der Waals surface area (Å²) in [7, 11) is 1.92. The van der Waals surface area contributed by atoms with Crippen LogP contribution in [-0.2, 0) is 17.3 Å². The normalized spacial score (nSPS) is 11.6. The van der Waals surface area contributed by atoms with Crippen molar-refractivity contribution in [3.8, 4) is 0 Å². The molecule has 0 aliphatic heterocycles. The van der Waals surface area contributed by atoms with Gasteiger partial charge in [0, 0.05) is 29.9 Å². The molecule has 0 saturated heterocycles. The van der Waals surface area contributed by atoms with Crippen LogP contribution >= 0.6 is 23.4 Å². The van der Waals surface area contributed by atoms with Gasteiger partial charge in [0.1, 0.15) is 0 Å². The molecule has 2 rings (SSSR count). The summed E-state index contributed by atoms with van der Waals surface area (Å²) in [6.07, 6.45) is 3.61. The van der Waals surface area contributed by atoms with E-state index in [4.69, 9.17) is 11.6 Å². The van der Waals surface area contributed by atoms with Gasteiger partial charge in [0.25, 0.3) is 0 Å². The molecule has 1 aromatic carbocycles. The number of ketones is 1. The summed E-state index contributed by atoms with van der Waals surface area (Å²) >= 11 is 7.35. The molecule has 0 spiro atoms. The van der Waals surface area contributed by atoms with Gasteiger partial charge in [-0.05, 0) is 31.5 Å². The third kappa shape index (κ3) is 3.25. The lowest BCUT2D eigenvalue weighted by molar-refractivity contribution is -0.120. The molecule has 1 heterocycles. The van der Waals surface area contributed by atoms with Crippen molar-refractivity contribution >= 4 is 29.1 Å². The molecule has 3 nitrogen and oxygen atoms in total. The van der Waals surface area contributed by atoms with Crippen molar-refractivity contribution in [2.45, 2.75) is 24.4 Å². The first-order chi connectivity index (χ1) is 9.41. The number of carbonyl (C=O) groups excluding carboxylic acids is 1. The quantitative estimate of drug-likeness (QED) is 0.790. The van der Waals surface area contributed by atoms with Gasteiger partial charge in [-0.2, -0.15) is 0 Å². The molecule has 5 heteroatoms. The predicted octanol–water partition coefficient (Wildman–Crippen LogP) is 3.71. The Balaban J connectivity index is 2.07. The molecular weight excluding hydrogens is 292 g/mol. The number of halogens is 1. The van der Waals surface area contributed by atoms with E-state index in [-0.39, 0.29) is 5.78 Å². The van der Waals surface area contributed by atoms with Crippen LogP contribution < -0.4 is 0 Å². The Labute approximate surface area is 128 Å². The molecule has 106 valence electrons. The van der Waals surface area contributed by atoms with E-state index in [0.717, 1.165) is 10.7 Å². The van der Waals surface area contributed by atoms with Gasteiger partial charge in [0.05, 0.1) is 5.75 Å². The molecule has 0 N–H and O–H groups in total. The van der Waals surface area contributed by atoms with Crippen LogP contribution in [0.15, 0.2) is 41.8 Å². The summed E-state index contributed by atoms with van der Waals surface area (Å²) in [5.41, 5.74) is 0.454. The average Bonchev–Trinajstić information content (AvgIpc) is 2.82. The van der Waals surface area contributed by atoms with Crippen molar-refractivity contribution in [1.82, 2.24) is 9.55 Å². The van der Waals surface area contributed by atoms with Gasteiger partial charge in [-0.1, -0.05) is 35.5 Å². The van der Waals surface area contributed by atoms with Crippen molar-refractivity contribution < 1.29 is 4.79 Å². The molecule has 0 saturated carbocycles. The van der Waals surface area contributed by atoms with Crippen LogP contribution in [0.4, 0.5) is 0 Å². The number of nitrogens with zero attached hydrogens (tertiary/aromatic N) is 2. The highest BCUT2D eigenvalue weighted by Gasteiger charge is 2.29. The van der Waals surface area contributed by atoms with Crippen LogP contribution in [0.2, 0.25) is 5.02 Å². The molecule has 0 bridgehead atoms. The molecule has 0 radical (unpaired) electrons. The maximum Gasteiger partial charge on any atom is 0.168 e. The van der Waals surface area contributed by atoms with E-state index < -0.39 is 5.41 Å². The summed E-state index contributed by atoms with van der Waals surface area (Å²) < 4.78 is 1.91. The SMILES string of the molecule is Cn1ccnc1SCC(=O)C(C)(C)c1ccc(Cl)cc1. The van der Waals surface area contributed by atoms with E-state index in [9.17, 15) is 4.79 Å². The van der Waals surface area contributed by atoms with E-state index in [1.54, 1.807) is 6.20 Å². The van der Waals surface area contributed by atoms with Crippen LogP contribution in [0.3, 0.4) is 0 Å². The summed E-state index contributed by atoms with van der Waals surface area (Å²) in [5, 5.41) is 1.53. The van der Waals surface area contributed by atoms with Crippen LogP contribution in [0.25, 0.3) is 0 Å². The third-order valence-electron chi connectivity index (χ3n) is 3.37. The number of carbonyl (C=O) groups is 1. The van der Waals surface area contributed by atoms with Crippen LogP contribution in [0.1, 0.15) is 19.4 Å². The van der Waals surface area contributed by atoms with Crippen molar-refractivity contribution in [3.05, 3.63) is 47.2 Å². The lowest BCUT2D eigenvalue weighted by Gasteiger charge is -2.23. The largest absolute Gasteiger partial charge is 0.329 e. The maximum absolute atomic E-state index is 12.5. The number of benzene rings is 1. The molecule has 0 amide bonds. The second-order valence-corrected chi connectivity index (χ2v) is 6.54. The van der Waals surface area contributed by atoms with Crippen molar-refractivity contribution in [2.24, 2.45) is 7.05 Å². The van der Waals surface area contributed by atoms with Crippen molar-refractivity contribution in [1.29, 1.82) is 0 Å². The number of aromatic nitrogens is 2. The Morgan fingerprint density at radius 1 is 1.35 bits per heavy atom. The minimum absolute atomic E-state index is 0.174. The zero-order valence-electron chi connectivity index (χ0n) is 11.8. The fourth-order valence-corrected chi connectivity index (χ4v) is 2.98. The molecule has 20 heavy (non-hydrogen) atoms. The molecule has 0 atom stereocenters. The van der Waals surface area contributed by atoms with Gasteiger partial charge in [-0.15, -0.1) is 0 Å². The molecule has 1 aromatic heterocycles. The Kier molecular flexibility index (Phi) is 4.55. The smallest absolute Gasteiger partial charge is 0.168 e. The zero-order valence-corrected chi connectivity index (χ0v) is 13.3. The zero-order chi connectivity index (χ0) is 14.8. The minimum atomic E-state index is -0.525.